The molecule has 0 saturated heterocycles. The molecule has 2 N–H and O–H groups in total. The summed E-state index contributed by atoms with van der Waals surface area (Å²) < 4.78 is 4.79. The van der Waals surface area contributed by atoms with Gasteiger partial charge in [0.25, 0.3) is 11.8 Å². The highest BCUT2D eigenvalue weighted by atomic mass is 16.5. The minimum absolute atomic E-state index is 0.0111. The standard InChI is InChI=1S/C18H26N2O4/c1-5-10-19-15(21)12-24-16(22)11-20-17(23)13-6-8-14(9-7-13)18(2,3)4/h6-9H,5,10-12H2,1-4H3,(H,19,21)(H,20,23). The van der Waals surface area contributed by atoms with Crippen LogP contribution in [0, 0.1) is 0 Å². The van der Waals surface area contributed by atoms with Gasteiger partial charge < -0.3 is 15.4 Å². The Kier molecular flexibility index (Phi) is 7.42. The molecular formula is C18H26N2O4. The summed E-state index contributed by atoms with van der Waals surface area (Å²) in [5, 5.41) is 5.07. The van der Waals surface area contributed by atoms with Gasteiger partial charge in [0.15, 0.2) is 6.61 Å². The van der Waals surface area contributed by atoms with Crippen LogP contribution in [0.15, 0.2) is 24.3 Å². The van der Waals surface area contributed by atoms with Crippen LogP contribution in [0.1, 0.15) is 50.0 Å². The zero-order valence-electron chi connectivity index (χ0n) is 14.8. The van der Waals surface area contributed by atoms with Gasteiger partial charge in [-0.3, -0.25) is 14.4 Å². The summed E-state index contributed by atoms with van der Waals surface area (Å²) in [6.45, 7) is 8.13. The summed E-state index contributed by atoms with van der Waals surface area (Å²) in [4.78, 5) is 34.8. The largest absolute Gasteiger partial charge is 0.454 e. The molecule has 2 amide bonds. The van der Waals surface area contributed by atoms with Gasteiger partial charge in [-0.1, -0.05) is 39.8 Å². The van der Waals surface area contributed by atoms with Crippen molar-refractivity contribution in [1.82, 2.24) is 10.6 Å². The smallest absolute Gasteiger partial charge is 0.325 e. The van der Waals surface area contributed by atoms with Gasteiger partial charge in [-0.15, -0.1) is 0 Å². The first kappa shape index (κ1) is 19.7. The number of benzene rings is 1. The Balaban J connectivity index is 2.40. The van der Waals surface area contributed by atoms with Crippen LogP contribution in [0.25, 0.3) is 0 Å². The third-order valence-corrected chi connectivity index (χ3v) is 3.34. The molecule has 6 nitrogen and oxygen atoms in total. The van der Waals surface area contributed by atoms with E-state index in [1.165, 1.54) is 0 Å². The number of carbonyl (C=O) groups is 3. The zero-order valence-corrected chi connectivity index (χ0v) is 14.8. The van der Waals surface area contributed by atoms with Crippen LogP contribution in [0.4, 0.5) is 0 Å². The molecule has 0 atom stereocenters. The van der Waals surface area contributed by atoms with Crippen LogP contribution < -0.4 is 10.6 Å². The van der Waals surface area contributed by atoms with Gasteiger partial charge >= 0.3 is 5.97 Å². The van der Waals surface area contributed by atoms with E-state index in [1.54, 1.807) is 12.1 Å². The van der Waals surface area contributed by atoms with E-state index in [2.05, 4.69) is 31.4 Å². The van der Waals surface area contributed by atoms with E-state index in [4.69, 9.17) is 4.74 Å². The Morgan fingerprint density at radius 1 is 1.04 bits per heavy atom. The number of ether oxygens (including phenoxy) is 1. The highest BCUT2D eigenvalue weighted by molar-refractivity contribution is 5.96. The lowest BCUT2D eigenvalue weighted by molar-refractivity contribution is -0.147. The Morgan fingerprint density at radius 2 is 1.67 bits per heavy atom. The normalized spacial score (nSPS) is 10.8. The molecule has 0 aromatic heterocycles. The highest BCUT2D eigenvalue weighted by Gasteiger charge is 2.15. The first-order valence-corrected chi connectivity index (χ1v) is 8.05. The van der Waals surface area contributed by atoms with Crippen LogP contribution in [0.5, 0.6) is 0 Å². The summed E-state index contributed by atoms with van der Waals surface area (Å²) >= 11 is 0. The van der Waals surface area contributed by atoms with Crippen LogP contribution >= 0.6 is 0 Å². The van der Waals surface area contributed by atoms with Crippen LogP contribution in [0.2, 0.25) is 0 Å². The number of hydrogen-bond acceptors (Lipinski definition) is 4. The molecule has 0 aliphatic heterocycles. The van der Waals surface area contributed by atoms with E-state index in [0.29, 0.717) is 12.1 Å². The van der Waals surface area contributed by atoms with Gasteiger partial charge in [-0.2, -0.15) is 0 Å². The Bertz CT molecular complexity index is 574. The maximum atomic E-state index is 12.0. The van der Waals surface area contributed by atoms with E-state index in [0.717, 1.165) is 12.0 Å². The molecule has 0 heterocycles. The molecule has 24 heavy (non-hydrogen) atoms. The first-order valence-electron chi connectivity index (χ1n) is 8.05. The molecule has 1 aromatic carbocycles. The second-order valence-corrected chi connectivity index (χ2v) is 6.52. The van der Waals surface area contributed by atoms with E-state index in [1.807, 2.05) is 19.1 Å². The van der Waals surface area contributed by atoms with Crippen molar-refractivity contribution < 1.29 is 19.1 Å². The molecule has 6 heteroatoms. The molecule has 0 saturated carbocycles. The zero-order chi connectivity index (χ0) is 18.2. The van der Waals surface area contributed by atoms with Gasteiger partial charge in [-0.25, -0.2) is 0 Å². The lowest BCUT2D eigenvalue weighted by atomic mass is 9.87. The second-order valence-electron chi connectivity index (χ2n) is 6.52. The third-order valence-electron chi connectivity index (χ3n) is 3.34. The van der Waals surface area contributed by atoms with E-state index in [9.17, 15) is 14.4 Å². The maximum Gasteiger partial charge on any atom is 0.325 e. The minimum Gasteiger partial charge on any atom is -0.454 e. The maximum absolute atomic E-state index is 12.0. The van der Waals surface area contributed by atoms with Crippen molar-refractivity contribution in [2.75, 3.05) is 19.7 Å². The summed E-state index contributed by atoms with van der Waals surface area (Å²) in [6, 6.07) is 7.23. The van der Waals surface area contributed by atoms with E-state index >= 15 is 0 Å². The van der Waals surface area contributed by atoms with Crippen molar-refractivity contribution >= 4 is 17.8 Å². The topological polar surface area (TPSA) is 84.5 Å². The summed E-state index contributed by atoms with van der Waals surface area (Å²) in [7, 11) is 0. The van der Waals surface area contributed by atoms with Crippen molar-refractivity contribution in [3.63, 3.8) is 0 Å². The number of nitrogens with one attached hydrogen (secondary N) is 2. The second kappa shape index (κ2) is 9.05. The minimum atomic E-state index is -0.652. The molecule has 0 aliphatic rings. The Morgan fingerprint density at radius 3 is 2.21 bits per heavy atom. The van der Waals surface area contributed by atoms with E-state index in [-0.39, 0.29) is 30.4 Å². The average molecular weight is 334 g/mol. The molecule has 0 spiro atoms. The lowest BCUT2D eigenvalue weighted by Gasteiger charge is -2.19. The number of esters is 1. The lowest BCUT2D eigenvalue weighted by Crippen LogP contribution is -2.34. The molecule has 0 aliphatic carbocycles. The van der Waals surface area contributed by atoms with Gasteiger partial charge in [0.1, 0.15) is 6.54 Å². The van der Waals surface area contributed by atoms with Gasteiger partial charge in [0.05, 0.1) is 0 Å². The summed E-state index contributed by atoms with van der Waals surface area (Å²) in [5.74, 6) is -1.36. The predicted molar refractivity (Wildman–Crippen MR) is 91.7 cm³/mol. The number of carbonyl (C=O) groups excluding carboxylic acids is 3. The first-order chi connectivity index (χ1) is 11.2. The van der Waals surface area contributed by atoms with Crippen molar-refractivity contribution in [3.8, 4) is 0 Å². The summed E-state index contributed by atoms with van der Waals surface area (Å²) in [5.41, 5.74) is 1.60. The van der Waals surface area contributed by atoms with Gasteiger partial charge in [0, 0.05) is 12.1 Å². The molecule has 0 fully saturated rings. The van der Waals surface area contributed by atoms with E-state index < -0.39 is 5.97 Å². The Labute approximate surface area is 143 Å². The van der Waals surface area contributed by atoms with Crippen molar-refractivity contribution in [1.29, 1.82) is 0 Å². The van der Waals surface area contributed by atoms with Crippen LogP contribution in [0.3, 0.4) is 0 Å². The molecule has 0 unspecified atom stereocenters. The number of amides is 2. The number of hydrogen-bond donors (Lipinski definition) is 2. The summed E-state index contributed by atoms with van der Waals surface area (Å²) in [6.07, 6.45) is 0.809. The van der Waals surface area contributed by atoms with Gasteiger partial charge in [0.2, 0.25) is 0 Å². The predicted octanol–water partition coefficient (Wildman–Crippen LogP) is 1.78. The van der Waals surface area contributed by atoms with Crippen molar-refractivity contribution in [2.45, 2.75) is 39.5 Å². The Hall–Kier alpha value is -2.37. The van der Waals surface area contributed by atoms with Crippen molar-refractivity contribution in [3.05, 3.63) is 35.4 Å². The molecular weight excluding hydrogens is 308 g/mol. The fourth-order valence-corrected chi connectivity index (χ4v) is 1.89. The van der Waals surface area contributed by atoms with Crippen LogP contribution in [-0.4, -0.2) is 37.5 Å². The quantitative estimate of drug-likeness (QED) is 0.745. The molecule has 1 rings (SSSR count). The fraction of sp³-hybridized carbons (Fsp3) is 0.500. The third kappa shape index (κ3) is 6.81. The number of rotatable bonds is 7. The average Bonchev–Trinajstić information content (AvgIpc) is 2.55. The molecule has 0 radical (unpaired) electrons. The molecule has 132 valence electrons. The monoisotopic (exact) mass is 334 g/mol. The fourth-order valence-electron chi connectivity index (χ4n) is 1.89. The molecule has 1 aromatic rings. The highest BCUT2D eigenvalue weighted by Crippen LogP contribution is 2.22. The van der Waals surface area contributed by atoms with Crippen LogP contribution in [-0.2, 0) is 19.7 Å². The van der Waals surface area contributed by atoms with Gasteiger partial charge in [-0.05, 0) is 29.5 Å². The molecule has 0 bridgehead atoms. The van der Waals surface area contributed by atoms with Crippen molar-refractivity contribution in [2.24, 2.45) is 0 Å². The SMILES string of the molecule is CCCNC(=O)COC(=O)CNC(=O)c1ccc(C(C)(C)C)cc1.